The summed E-state index contributed by atoms with van der Waals surface area (Å²) in [4.78, 5) is 23.0. The number of H-pyrrole nitrogens is 1. The molecule has 3 fully saturated rings. The molecule has 3 aliphatic heterocycles. The highest BCUT2D eigenvalue weighted by atomic mass is 32.2. The number of likely N-dealkylation sites (tertiary alicyclic amines) is 1. The highest BCUT2D eigenvalue weighted by Crippen LogP contribution is 2.36. The number of carbonyl (C=O) groups excluding carboxylic acids is 1. The van der Waals surface area contributed by atoms with Gasteiger partial charge in [-0.25, -0.2) is 8.42 Å². The second-order valence-electron chi connectivity index (χ2n) is 8.07. The number of nitrogens with zero attached hydrogens (tertiary/aromatic N) is 2. The van der Waals surface area contributed by atoms with Gasteiger partial charge in [-0.3, -0.25) is 19.6 Å². The minimum absolute atomic E-state index is 0.00988. The topological polar surface area (TPSA) is 142 Å². The molecule has 0 aromatic carbocycles. The Labute approximate surface area is 176 Å². The molecular formula is C19H30N4O6S. The normalized spacial score (nSPS) is 28.3. The SMILES string of the molecule is O=C(CCCc1cn[nH]c1)N[C@@H]1CS(=O)(=O)[C@H]2CN(C3CCOCC3)C[C@@H]12.O=CO. The van der Waals surface area contributed by atoms with Gasteiger partial charge >= 0.3 is 0 Å². The lowest BCUT2D eigenvalue weighted by molar-refractivity contribution is -0.123. The number of aryl methyl sites for hydroxylation is 1. The fraction of sp³-hybridized carbons (Fsp3) is 0.737. The van der Waals surface area contributed by atoms with Crippen LogP contribution in [0.25, 0.3) is 0 Å². The molecular weight excluding hydrogens is 412 g/mol. The second kappa shape index (κ2) is 10.4. The fourth-order valence-electron chi connectivity index (χ4n) is 4.74. The molecule has 0 bridgehead atoms. The van der Waals surface area contributed by atoms with Gasteiger partial charge in [-0.15, -0.1) is 0 Å². The van der Waals surface area contributed by atoms with Crippen LogP contribution in [0.3, 0.4) is 0 Å². The van der Waals surface area contributed by atoms with E-state index in [1.54, 1.807) is 6.20 Å². The number of nitrogens with one attached hydrogen (secondary N) is 2. The molecule has 30 heavy (non-hydrogen) atoms. The molecule has 11 heteroatoms. The van der Waals surface area contributed by atoms with E-state index in [9.17, 15) is 13.2 Å². The van der Waals surface area contributed by atoms with Gasteiger partial charge in [0, 0.05) is 56.9 Å². The molecule has 0 saturated carbocycles. The fourth-order valence-corrected chi connectivity index (χ4v) is 7.04. The molecule has 3 atom stereocenters. The average molecular weight is 443 g/mol. The van der Waals surface area contributed by atoms with Crippen LogP contribution in [0.4, 0.5) is 0 Å². The lowest BCUT2D eigenvalue weighted by Gasteiger charge is -2.32. The van der Waals surface area contributed by atoms with Crippen molar-refractivity contribution in [2.24, 2.45) is 5.92 Å². The van der Waals surface area contributed by atoms with E-state index in [-0.39, 0.29) is 35.3 Å². The van der Waals surface area contributed by atoms with Gasteiger partial charge in [0.25, 0.3) is 6.47 Å². The Morgan fingerprint density at radius 2 is 2.10 bits per heavy atom. The van der Waals surface area contributed by atoms with Crippen LogP contribution in [-0.4, -0.2) is 90.4 Å². The number of hydrogen-bond acceptors (Lipinski definition) is 7. The molecule has 168 valence electrons. The highest BCUT2D eigenvalue weighted by Gasteiger charge is 2.53. The van der Waals surface area contributed by atoms with Gasteiger partial charge in [0.2, 0.25) is 5.91 Å². The van der Waals surface area contributed by atoms with Crippen molar-refractivity contribution in [3.05, 3.63) is 18.0 Å². The van der Waals surface area contributed by atoms with Crippen molar-refractivity contribution in [1.29, 1.82) is 0 Å². The van der Waals surface area contributed by atoms with Crippen LogP contribution < -0.4 is 5.32 Å². The van der Waals surface area contributed by atoms with Crippen molar-refractivity contribution in [3.63, 3.8) is 0 Å². The maximum atomic E-state index is 12.6. The molecule has 0 unspecified atom stereocenters. The van der Waals surface area contributed by atoms with Crippen molar-refractivity contribution < 1.29 is 27.9 Å². The standard InChI is InChI=1S/C18H28N4O4S.CH2O2/c23-18(3-1-2-13-8-19-20-9-13)21-16-12-27(24,25)17-11-22(10-15(16)17)14-4-6-26-7-5-14;2-1-3/h8-9,14-17H,1-7,10-12H2,(H,19,20)(H,21,23);1H,(H,2,3)/t15-,16+,17-;/m0./s1. The van der Waals surface area contributed by atoms with E-state index in [0.717, 1.165) is 51.0 Å². The number of carbonyl (C=O) groups is 2. The number of ether oxygens (including phenoxy) is 1. The summed E-state index contributed by atoms with van der Waals surface area (Å²) in [6.07, 6.45) is 7.44. The lowest BCUT2D eigenvalue weighted by atomic mass is 10.00. The third-order valence-corrected chi connectivity index (χ3v) is 8.45. The van der Waals surface area contributed by atoms with Crippen molar-refractivity contribution in [2.45, 2.75) is 49.4 Å². The van der Waals surface area contributed by atoms with Crippen LogP contribution in [-0.2, 0) is 30.6 Å². The molecule has 4 heterocycles. The molecule has 3 aliphatic rings. The van der Waals surface area contributed by atoms with Gasteiger partial charge in [-0.05, 0) is 31.2 Å². The first kappa shape index (κ1) is 22.7. The summed E-state index contributed by atoms with van der Waals surface area (Å²) in [5.41, 5.74) is 1.08. The molecule has 10 nitrogen and oxygen atoms in total. The summed E-state index contributed by atoms with van der Waals surface area (Å²) in [6.45, 7) is 2.61. The van der Waals surface area contributed by atoms with E-state index >= 15 is 0 Å². The molecule has 0 radical (unpaired) electrons. The van der Waals surface area contributed by atoms with E-state index < -0.39 is 9.84 Å². The Morgan fingerprint density at radius 1 is 1.37 bits per heavy atom. The van der Waals surface area contributed by atoms with Crippen LogP contribution in [0.1, 0.15) is 31.2 Å². The maximum absolute atomic E-state index is 12.6. The van der Waals surface area contributed by atoms with Crippen molar-refractivity contribution in [2.75, 3.05) is 32.1 Å². The molecule has 4 rings (SSSR count). The van der Waals surface area contributed by atoms with Gasteiger partial charge in [0.1, 0.15) is 0 Å². The maximum Gasteiger partial charge on any atom is 0.290 e. The average Bonchev–Trinajstić information content (AvgIpc) is 3.43. The molecule has 3 saturated heterocycles. The van der Waals surface area contributed by atoms with Crippen molar-refractivity contribution in [3.8, 4) is 0 Å². The zero-order valence-corrected chi connectivity index (χ0v) is 17.7. The minimum Gasteiger partial charge on any atom is -0.483 e. The van der Waals surface area contributed by atoms with E-state index in [4.69, 9.17) is 14.6 Å². The van der Waals surface area contributed by atoms with Crippen LogP contribution in [0.5, 0.6) is 0 Å². The van der Waals surface area contributed by atoms with Gasteiger partial charge < -0.3 is 15.2 Å². The quantitative estimate of drug-likeness (QED) is 0.516. The number of aromatic nitrogens is 2. The summed E-state index contributed by atoms with van der Waals surface area (Å²) >= 11 is 0. The molecule has 1 amide bonds. The van der Waals surface area contributed by atoms with Crippen molar-refractivity contribution in [1.82, 2.24) is 20.4 Å². The third-order valence-electron chi connectivity index (χ3n) is 6.21. The lowest BCUT2D eigenvalue weighted by Crippen LogP contribution is -2.44. The molecule has 1 aromatic rings. The summed E-state index contributed by atoms with van der Waals surface area (Å²) in [5, 5.41) is 16.2. The van der Waals surface area contributed by atoms with Crippen molar-refractivity contribution >= 4 is 22.2 Å². The first-order valence-electron chi connectivity index (χ1n) is 10.3. The predicted octanol–water partition coefficient (Wildman–Crippen LogP) is -0.174. The molecule has 3 N–H and O–H groups in total. The number of carboxylic acid groups (broad SMARTS) is 1. The van der Waals surface area contributed by atoms with E-state index in [1.807, 2.05) is 6.20 Å². The number of amides is 1. The molecule has 0 spiro atoms. The predicted molar refractivity (Wildman–Crippen MR) is 109 cm³/mol. The van der Waals surface area contributed by atoms with E-state index in [0.29, 0.717) is 19.0 Å². The third kappa shape index (κ3) is 5.58. The number of aromatic amines is 1. The van der Waals surface area contributed by atoms with E-state index in [1.165, 1.54) is 0 Å². The Balaban J connectivity index is 0.000000806. The monoisotopic (exact) mass is 442 g/mol. The number of sulfone groups is 1. The first-order valence-corrected chi connectivity index (χ1v) is 12.0. The zero-order chi connectivity index (χ0) is 21.6. The van der Waals surface area contributed by atoms with Gasteiger partial charge in [0.15, 0.2) is 9.84 Å². The second-order valence-corrected chi connectivity index (χ2v) is 10.3. The van der Waals surface area contributed by atoms with Crippen LogP contribution in [0, 0.1) is 5.92 Å². The van der Waals surface area contributed by atoms with Gasteiger partial charge in [-0.1, -0.05) is 0 Å². The van der Waals surface area contributed by atoms with Crippen LogP contribution in [0.15, 0.2) is 12.4 Å². The molecule has 1 aromatic heterocycles. The summed E-state index contributed by atoms with van der Waals surface area (Å²) < 4.78 is 30.7. The summed E-state index contributed by atoms with van der Waals surface area (Å²) in [6, 6.07) is 0.150. The van der Waals surface area contributed by atoms with Crippen LogP contribution in [0.2, 0.25) is 0 Å². The van der Waals surface area contributed by atoms with Gasteiger partial charge in [0.05, 0.1) is 17.2 Å². The number of fused-ring (bicyclic) bond motifs is 1. The minimum atomic E-state index is -3.15. The Kier molecular flexibility index (Phi) is 7.84. The zero-order valence-electron chi connectivity index (χ0n) is 16.9. The Bertz CT molecular complexity index is 794. The summed E-state index contributed by atoms with van der Waals surface area (Å²) in [7, 11) is -3.15. The van der Waals surface area contributed by atoms with Gasteiger partial charge in [-0.2, -0.15) is 5.10 Å². The summed E-state index contributed by atoms with van der Waals surface area (Å²) in [5.74, 6) is 0.0387. The number of hydrogen-bond donors (Lipinski definition) is 3. The first-order chi connectivity index (χ1) is 14.4. The highest BCUT2D eigenvalue weighted by molar-refractivity contribution is 7.92. The molecule has 0 aliphatic carbocycles. The van der Waals surface area contributed by atoms with Crippen LogP contribution >= 0.6 is 0 Å². The smallest absolute Gasteiger partial charge is 0.290 e. The Hall–Kier alpha value is -1.98. The Morgan fingerprint density at radius 3 is 2.77 bits per heavy atom. The van der Waals surface area contributed by atoms with E-state index in [2.05, 4.69) is 20.4 Å². The number of rotatable bonds is 6. The largest absolute Gasteiger partial charge is 0.483 e.